The van der Waals surface area contributed by atoms with Gasteiger partial charge in [0.15, 0.2) is 11.6 Å². The zero-order valence-corrected chi connectivity index (χ0v) is 11.8. The molecule has 0 saturated carbocycles. The van der Waals surface area contributed by atoms with E-state index >= 15 is 0 Å². The van der Waals surface area contributed by atoms with E-state index in [9.17, 15) is 8.78 Å². The minimum absolute atomic E-state index is 0.184. The quantitative estimate of drug-likeness (QED) is 0.832. The van der Waals surface area contributed by atoms with E-state index in [1.807, 2.05) is 6.92 Å². The summed E-state index contributed by atoms with van der Waals surface area (Å²) >= 11 is 5.15. The highest BCUT2D eigenvalue weighted by Gasteiger charge is 2.16. The van der Waals surface area contributed by atoms with Crippen molar-refractivity contribution in [2.45, 2.75) is 27.2 Å². The van der Waals surface area contributed by atoms with E-state index in [1.165, 1.54) is 6.92 Å². The summed E-state index contributed by atoms with van der Waals surface area (Å²) < 4.78 is 28.1. The lowest BCUT2D eigenvalue weighted by Gasteiger charge is -2.11. The Labute approximate surface area is 115 Å². The first-order valence-corrected chi connectivity index (χ1v) is 6.41. The molecule has 0 radical (unpaired) electrons. The number of nitrogens with zero attached hydrogens (tertiary/aromatic N) is 1. The van der Waals surface area contributed by atoms with Crippen molar-refractivity contribution < 1.29 is 8.78 Å². The fourth-order valence-corrected chi connectivity index (χ4v) is 2.07. The van der Waals surface area contributed by atoms with Crippen molar-refractivity contribution in [2.75, 3.05) is 0 Å². The van der Waals surface area contributed by atoms with Crippen molar-refractivity contribution in [3.8, 4) is 11.3 Å². The van der Waals surface area contributed by atoms with E-state index in [0.717, 1.165) is 0 Å². The Hall–Kier alpha value is -1.62. The van der Waals surface area contributed by atoms with Crippen LogP contribution in [0, 0.1) is 30.1 Å². The van der Waals surface area contributed by atoms with Gasteiger partial charge in [-0.1, -0.05) is 25.2 Å². The predicted octanol–water partition coefficient (Wildman–Crippen LogP) is 4.26. The molecule has 0 bridgehead atoms. The molecule has 1 N–H and O–H groups in total. The third-order valence-corrected chi connectivity index (χ3v) is 3.48. The molecular weight excluding hydrogens is 266 g/mol. The molecule has 0 unspecified atom stereocenters. The minimum Gasteiger partial charge on any atom is -0.343 e. The molecule has 0 spiro atoms. The highest BCUT2D eigenvalue weighted by molar-refractivity contribution is 7.71. The first kappa shape index (κ1) is 13.8. The van der Waals surface area contributed by atoms with Crippen LogP contribution in [-0.4, -0.2) is 9.97 Å². The molecule has 2 rings (SSSR count). The van der Waals surface area contributed by atoms with Crippen molar-refractivity contribution >= 4 is 12.2 Å². The average Bonchev–Trinajstić information content (AvgIpc) is 2.40. The van der Waals surface area contributed by atoms with Gasteiger partial charge in [0.05, 0.1) is 5.69 Å². The fraction of sp³-hybridized carbons (Fsp3) is 0.286. The van der Waals surface area contributed by atoms with Gasteiger partial charge in [0.1, 0.15) is 10.5 Å². The highest BCUT2D eigenvalue weighted by Crippen LogP contribution is 2.27. The SMILES string of the molecule is CCc1nc(=S)c(C)c(-c2ccc(C)c(F)c2F)[nH]1. The molecule has 5 heteroatoms. The van der Waals surface area contributed by atoms with E-state index in [0.29, 0.717) is 28.1 Å². The molecule has 2 nitrogen and oxygen atoms in total. The monoisotopic (exact) mass is 280 g/mol. The van der Waals surface area contributed by atoms with Gasteiger partial charge in [-0.2, -0.15) is 0 Å². The third kappa shape index (κ3) is 2.42. The van der Waals surface area contributed by atoms with Gasteiger partial charge in [-0.3, -0.25) is 0 Å². The number of hydrogen-bond acceptors (Lipinski definition) is 2. The standard InChI is InChI=1S/C14H14F2N2S/c1-4-10-17-13(8(3)14(19)18-10)9-6-5-7(2)11(15)12(9)16/h5-6H,4H2,1-3H3,(H,17,18,19). The summed E-state index contributed by atoms with van der Waals surface area (Å²) in [5.41, 5.74) is 1.61. The van der Waals surface area contributed by atoms with Crippen LogP contribution in [0.15, 0.2) is 12.1 Å². The van der Waals surface area contributed by atoms with Crippen LogP contribution in [0.3, 0.4) is 0 Å². The van der Waals surface area contributed by atoms with Crippen molar-refractivity contribution in [3.05, 3.63) is 45.4 Å². The van der Waals surface area contributed by atoms with Crippen LogP contribution in [0.2, 0.25) is 0 Å². The maximum Gasteiger partial charge on any atom is 0.168 e. The lowest BCUT2D eigenvalue weighted by Crippen LogP contribution is -2.02. The van der Waals surface area contributed by atoms with E-state index in [4.69, 9.17) is 12.2 Å². The number of aromatic nitrogens is 2. The third-order valence-electron chi connectivity index (χ3n) is 3.08. The second-order valence-corrected chi connectivity index (χ2v) is 4.79. The summed E-state index contributed by atoms with van der Waals surface area (Å²) in [6.07, 6.45) is 0.646. The Kier molecular flexibility index (Phi) is 3.75. The van der Waals surface area contributed by atoms with E-state index in [-0.39, 0.29) is 11.1 Å². The van der Waals surface area contributed by atoms with Crippen LogP contribution >= 0.6 is 12.2 Å². The molecule has 1 heterocycles. The number of hydrogen-bond donors (Lipinski definition) is 1. The number of aromatic amines is 1. The molecular formula is C14H14F2N2S. The predicted molar refractivity (Wildman–Crippen MR) is 73.6 cm³/mol. The van der Waals surface area contributed by atoms with Crippen molar-refractivity contribution in [1.82, 2.24) is 9.97 Å². The second-order valence-electron chi connectivity index (χ2n) is 4.40. The number of halogens is 2. The minimum atomic E-state index is -0.859. The van der Waals surface area contributed by atoms with Gasteiger partial charge in [-0.25, -0.2) is 13.8 Å². The summed E-state index contributed by atoms with van der Waals surface area (Å²) in [4.78, 5) is 7.21. The van der Waals surface area contributed by atoms with Crippen LogP contribution in [0.25, 0.3) is 11.3 Å². The van der Waals surface area contributed by atoms with Gasteiger partial charge in [0.2, 0.25) is 0 Å². The number of H-pyrrole nitrogens is 1. The normalized spacial score (nSPS) is 10.8. The lowest BCUT2D eigenvalue weighted by molar-refractivity contribution is 0.505. The zero-order chi connectivity index (χ0) is 14.2. The molecule has 0 aliphatic heterocycles. The van der Waals surface area contributed by atoms with E-state index < -0.39 is 11.6 Å². The molecule has 0 atom stereocenters. The highest BCUT2D eigenvalue weighted by atomic mass is 32.1. The van der Waals surface area contributed by atoms with Gasteiger partial charge in [-0.05, 0) is 25.5 Å². The molecule has 100 valence electrons. The van der Waals surface area contributed by atoms with Gasteiger partial charge in [0, 0.05) is 17.5 Å². The second kappa shape index (κ2) is 5.17. The van der Waals surface area contributed by atoms with Gasteiger partial charge in [0.25, 0.3) is 0 Å². The molecule has 0 aliphatic carbocycles. The molecule has 1 aromatic carbocycles. The Balaban J connectivity index is 2.75. The topological polar surface area (TPSA) is 28.7 Å². The van der Waals surface area contributed by atoms with Crippen LogP contribution in [0.1, 0.15) is 23.9 Å². The van der Waals surface area contributed by atoms with Crippen LogP contribution in [-0.2, 0) is 6.42 Å². The Morgan fingerprint density at radius 1 is 1.21 bits per heavy atom. The zero-order valence-electron chi connectivity index (χ0n) is 11.0. The molecule has 0 aliphatic rings. The van der Waals surface area contributed by atoms with Crippen LogP contribution in [0.4, 0.5) is 8.78 Å². The number of aryl methyl sites for hydroxylation is 2. The first-order valence-electron chi connectivity index (χ1n) is 6.00. The molecule has 1 aromatic heterocycles. The molecule has 19 heavy (non-hydrogen) atoms. The number of nitrogens with one attached hydrogen (secondary N) is 1. The van der Waals surface area contributed by atoms with Gasteiger partial charge >= 0.3 is 0 Å². The number of benzene rings is 1. The summed E-state index contributed by atoms with van der Waals surface area (Å²) in [6.45, 7) is 5.19. The van der Waals surface area contributed by atoms with E-state index in [1.54, 1.807) is 19.1 Å². The lowest BCUT2D eigenvalue weighted by atomic mass is 10.0. The van der Waals surface area contributed by atoms with E-state index in [2.05, 4.69) is 9.97 Å². The fourth-order valence-electron chi connectivity index (χ4n) is 1.86. The summed E-state index contributed by atoms with van der Waals surface area (Å²) in [6, 6.07) is 3.11. The maximum atomic E-state index is 14.0. The summed E-state index contributed by atoms with van der Waals surface area (Å²) in [7, 11) is 0. The smallest absolute Gasteiger partial charge is 0.168 e. The maximum absolute atomic E-state index is 14.0. The Bertz CT molecular complexity index is 693. The molecule has 0 fully saturated rings. The molecule has 0 saturated heterocycles. The van der Waals surface area contributed by atoms with Crippen molar-refractivity contribution in [2.24, 2.45) is 0 Å². The summed E-state index contributed by atoms with van der Waals surface area (Å²) in [5, 5.41) is 0. The van der Waals surface area contributed by atoms with Crippen LogP contribution in [0.5, 0.6) is 0 Å². The Morgan fingerprint density at radius 3 is 2.53 bits per heavy atom. The van der Waals surface area contributed by atoms with Crippen molar-refractivity contribution in [1.29, 1.82) is 0 Å². The number of rotatable bonds is 2. The summed E-state index contributed by atoms with van der Waals surface area (Å²) in [5.74, 6) is -1.03. The van der Waals surface area contributed by atoms with Crippen molar-refractivity contribution in [3.63, 3.8) is 0 Å². The molecule has 0 amide bonds. The van der Waals surface area contributed by atoms with Gasteiger partial charge in [-0.15, -0.1) is 0 Å². The largest absolute Gasteiger partial charge is 0.343 e. The Morgan fingerprint density at radius 2 is 1.89 bits per heavy atom. The first-order chi connectivity index (χ1) is 8.95. The molecule has 2 aromatic rings. The average molecular weight is 280 g/mol. The van der Waals surface area contributed by atoms with Gasteiger partial charge < -0.3 is 4.98 Å². The van der Waals surface area contributed by atoms with Crippen LogP contribution < -0.4 is 0 Å².